The molecule has 0 saturated heterocycles. The molecule has 0 aromatic carbocycles. The van der Waals surface area contributed by atoms with E-state index in [1.165, 1.54) is 24.2 Å². The molecule has 4 nitrogen and oxygen atoms in total. The van der Waals surface area contributed by atoms with Gasteiger partial charge >= 0.3 is 0 Å². The monoisotopic (exact) mass is 245 g/mol. The Kier molecular flexibility index (Phi) is 4.28. The van der Waals surface area contributed by atoms with Gasteiger partial charge in [-0.1, -0.05) is 0 Å². The average molecular weight is 245 g/mol. The van der Waals surface area contributed by atoms with Crippen LogP contribution < -0.4 is 0 Å². The highest BCUT2D eigenvalue weighted by Gasteiger charge is 2.03. The van der Waals surface area contributed by atoms with Gasteiger partial charge in [-0.25, -0.2) is 13.4 Å². The Hall–Kier alpha value is -0.880. The maximum atomic E-state index is 10.8. The highest BCUT2D eigenvalue weighted by Crippen LogP contribution is 2.14. The zero-order valence-corrected chi connectivity index (χ0v) is 9.85. The molecule has 0 fully saturated rings. The lowest BCUT2D eigenvalue weighted by molar-refractivity contribution is 0.112. The Morgan fingerprint density at radius 3 is 2.67 bits per heavy atom. The minimum Gasteiger partial charge on any atom is -0.298 e. The minimum absolute atomic E-state index is 0.134. The predicted octanol–water partition coefficient (Wildman–Crippen LogP) is 1.03. The molecule has 0 amide bonds. The summed E-state index contributed by atoms with van der Waals surface area (Å²) in [5.41, 5.74) is 0.516. The zero-order valence-electron chi connectivity index (χ0n) is 8.21. The largest absolute Gasteiger partial charge is 0.298 e. The van der Waals surface area contributed by atoms with Crippen molar-refractivity contribution in [3.8, 4) is 0 Å². The van der Waals surface area contributed by atoms with Crippen LogP contribution in [0.2, 0.25) is 0 Å². The van der Waals surface area contributed by atoms with Crippen molar-refractivity contribution in [2.45, 2.75) is 5.03 Å². The van der Waals surface area contributed by atoms with Crippen LogP contribution in [-0.4, -0.2) is 37.4 Å². The Morgan fingerprint density at radius 2 is 2.20 bits per heavy atom. The number of aromatic nitrogens is 1. The van der Waals surface area contributed by atoms with Crippen LogP contribution >= 0.6 is 11.8 Å². The lowest BCUT2D eigenvalue weighted by Crippen LogP contribution is -2.05. The molecule has 1 rings (SSSR count). The summed E-state index contributed by atoms with van der Waals surface area (Å²) in [6.45, 7) is 0. The Balaban J connectivity index is 2.48. The van der Waals surface area contributed by atoms with E-state index in [2.05, 4.69) is 4.98 Å². The number of rotatable bonds is 5. The number of thioether (sulfide) groups is 1. The smallest absolute Gasteiger partial charge is 0.151 e. The topological polar surface area (TPSA) is 64.1 Å². The van der Waals surface area contributed by atoms with E-state index in [-0.39, 0.29) is 5.75 Å². The number of carbonyl (C=O) groups is 1. The third kappa shape index (κ3) is 4.94. The first-order chi connectivity index (χ1) is 7.01. The van der Waals surface area contributed by atoms with Gasteiger partial charge in [-0.15, -0.1) is 11.8 Å². The van der Waals surface area contributed by atoms with Crippen LogP contribution in [0.15, 0.2) is 23.4 Å². The molecule has 0 N–H and O–H groups in total. The number of pyridine rings is 1. The Bertz CT molecular complexity index is 425. The van der Waals surface area contributed by atoms with Gasteiger partial charge in [0, 0.05) is 23.8 Å². The summed E-state index contributed by atoms with van der Waals surface area (Å²) in [5, 5.41) is 0.726. The van der Waals surface area contributed by atoms with Gasteiger partial charge in [-0.3, -0.25) is 4.79 Å². The maximum absolute atomic E-state index is 10.8. The molecule has 0 saturated carbocycles. The molecular formula is C9H11NO3S2. The minimum atomic E-state index is -2.91. The quantitative estimate of drug-likeness (QED) is 0.572. The SMILES string of the molecule is CS(=O)(=O)CCSc1ccc(C=O)cn1. The average Bonchev–Trinajstić information content (AvgIpc) is 2.17. The van der Waals surface area contributed by atoms with Crippen LogP contribution in [0.1, 0.15) is 10.4 Å². The third-order valence-corrected chi connectivity index (χ3v) is 3.75. The lowest BCUT2D eigenvalue weighted by atomic mass is 10.3. The summed E-state index contributed by atoms with van der Waals surface area (Å²) in [5.74, 6) is 0.612. The summed E-state index contributed by atoms with van der Waals surface area (Å²) < 4.78 is 21.7. The van der Waals surface area contributed by atoms with Crippen LogP contribution in [0.3, 0.4) is 0 Å². The molecule has 82 valence electrons. The third-order valence-electron chi connectivity index (χ3n) is 1.60. The van der Waals surface area contributed by atoms with E-state index in [1.54, 1.807) is 12.1 Å². The summed E-state index contributed by atoms with van der Waals surface area (Å²) in [6, 6.07) is 3.36. The molecular weight excluding hydrogens is 234 g/mol. The van der Waals surface area contributed by atoms with Gasteiger partial charge in [0.05, 0.1) is 10.8 Å². The number of sulfone groups is 1. The van der Waals surface area contributed by atoms with Gasteiger partial charge in [0.15, 0.2) is 6.29 Å². The number of hydrogen-bond acceptors (Lipinski definition) is 5. The molecule has 0 atom stereocenters. The first kappa shape index (κ1) is 12.2. The lowest BCUT2D eigenvalue weighted by Gasteiger charge is -1.99. The van der Waals surface area contributed by atoms with Crippen LogP contribution in [0.4, 0.5) is 0 Å². The molecule has 0 aliphatic heterocycles. The normalized spacial score (nSPS) is 11.3. The van der Waals surface area contributed by atoms with Crippen LogP contribution in [0, 0.1) is 0 Å². The molecule has 1 heterocycles. The van der Waals surface area contributed by atoms with Crippen molar-refractivity contribution >= 4 is 27.9 Å². The fraction of sp³-hybridized carbons (Fsp3) is 0.333. The van der Waals surface area contributed by atoms with Crippen molar-refractivity contribution in [3.63, 3.8) is 0 Å². The fourth-order valence-electron chi connectivity index (χ4n) is 0.844. The number of carbonyl (C=O) groups excluding carboxylic acids is 1. The number of aldehydes is 1. The summed E-state index contributed by atoms with van der Waals surface area (Å²) >= 11 is 1.36. The number of nitrogens with zero attached hydrogens (tertiary/aromatic N) is 1. The maximum Gasteiger partial charge on any atom is 0.151 e. The molecule has 0 spiro atoms. The van der Waals surface area contributed by atoms with Crippen molar-refractivity contribution in [2.24, 2.45) is 0 Å². The molecule has 0 aliphatic carbocycles. The standard InChI is InChI=1S/C9H11NO3S2/c1-15(12,13)5-4-14-9-3-2-8(7-11)6-10-9/h2-3,6-7H,4-5H2,1H3. The fourth-order valence-corrected chi connectivity index (χ4v) is 2.89. The second-order valence-corrected chi connectivity index (χ2v) is 6.40. The van der Waals surface area contributed by atoms with E-state index in [4.69, 9.17) is 0 Å². The van der Waals surface area contributed by atoms with Gasteiger partial charge in [-0.2, -0.15) is 0 Å². The second-order valence-electron chi connectivity index (χ2n) is 3.03. The predicted molar refractivity (Wildman–Crippen MR) is 60.1 cm³/mol. The van der Waals surface area contributed by atoms with Crippen molar-refractivity contribution in [2.75, 3.05) is 17.8 Å². The van der Waals surface area contributed by atoms with E-state index < -0.39 is 9.84 Å². The van der Waals surface area contributed by atoms with Gasteiger partial charge < -0.3 is 0 Å². The van der Waals surface area contributed by atoms with Gasteiger partial charge in [0.1, 0.15) is 9.84 Å². The molecule has 0 unspecified atom stereocenters. The van der Waals surface area contributed by atoms with Crippen molar-refractivity contribution in [3.05, 3.63) is 23.9 Å². The van der Waals surface area contributed by atoms with Crippen molar-refractivity contribution in [1.29, 1.82) is 0 Å². The highest BCUT2D eigenvalue weighted by atomic mass is 32.2. The summed E-state index contributed by atoms with van der Waals surface area (Å²) in [7, 11) is -2.91. The van der Waals surface area contributed by atoms with E-state index in [1.807, 2.05) is 0 Å². The first-order valence-electron chi connectivity index (χ1n) is 4.23. The Labute approximate surface area is 93.0 Å². The first-order valence-corrected chi connectivity index (χ1v) is 7.27. The summed E-state index contributed by atoms with van der Waals surface area (Å²) in [4.78, 5) is 14.3. The molecule has 1 aromatic heterocycles. The molecule has 0 aliphatic rings. The van der Waals surface area contributed by atoms with Gasteiger partial charge in [0.2, 0.25) is 0 Å². The van der Waals surface area contributed by atoms with Crippen molar-refractivity contribution in [1.82, 2.24) is 4.98 Å². The zero-order chi connectivity index (χ0) is 11.3. The van der Waals surface area contributed by atoms with E-state index in [0.29, 0.717) is 11.3 Å². The van der Waals surface area contributed by atoms with E-state index in [9.17, 15) is 13.2 Å². The molecule has 15 heavy (non-hydrogen) atoms. The van der Waals surface area contributed by atoms with E-state index >= 15 is 0 Å². The summed E-state index contributed by atoms with van der Waals surface area (Å²) in [6.07, 6.45) is 3.39. The van der Waals surface area contributed by atoms with Crippen molar-refractivity contribution < 1.29 is 13.2 Å². The van der Waals surface area contributed by atoms with E-state index in [0.717, 1.165) is 11.3 Å². The molecule has 0 radical (unpaired) electrons. The molecule has 0 bridgehead atoms. The van der Waals surface area contributed by atoms with Crippen LogP contribution in [0.25, 0.3) is 0 Å². The van der Waals surface area contributed by atoms with Gasteiger partial charge in [0.25, 0.3) is 0 Å². The number of hydrogen-bond donors (Lipinski definition) is 0. The van der Waals surface area contributed by atoms with Crippen LogP contribution in [0.5, 0.6) is 0 Å². The highest BCUT2D eigenvalue weighted by molar-refractivity contribution is 8.00. The molecule has 6 heteroatoms. The molecule has 1 aromatic rings. The Morgan fingerprint density at radius 1 is 1.47 bits per heavy atom. The van der Waals surface area contributed by atoms with Gasteiger partial charge in [-0.05, 0) is 12.1 Å². The second kappa shape index (κ2) is 5.27. The van der Waals surface area contributed by atoms with Crippen LogP contribution in [-0.2, 0) is 9.84 Å².